The molecule has 19 heavy (non-hydrogen) atoms. The van der Waals surface area contributed by atoms with E-state index in [0.29, 0.717) is 11.6 Å². The Morgan fingerprint density at radius 1 is 1.58 bits per heavy atom. The first kappa shape index (κ1) is 14.1. The number of carbonyl (C=O) groups excluding carboxylic acids is 1. The Bertz CT molecular complexity index is 567. The fourth-order valence-corrected chi connectivity index (χ4v) is 2.14. The van der Waals surface area contributed by atoms with Crippen molar-refractivity contribution in [3.63, 3.8) is 0 Å². The van der Waals surface area contributed by atoms with Crippen LogP contribution in [0, 0.1) is 6.92 Å². The zero-order valence-electron chi connectivity index (χ0n) is 10.5. The van der Waals surface area contributed by atoms with Gasteiger partial charge in [-0.2, -0.15) is 10.2 Å². The van der Waals surface area contributed by atoms with Crippen molar-refractivity contribution < 1.29 is 4.79 Å². The van der Waals surface area contributed by atoms with Gasteiger partial charge in [0.25, 0.3) is 0 Å². The molecule has 0 aliphatic heterocycles. The summed E-state index contributed by atoms with van der Waals surface area (Å²) < 4.78 is 4.10. The highest BCUT2D eigenvalue weighted by Crippen LogP contribution is 2.14. The molecule has 0 aliphatic carbocycles. The number of nitrogens with zero attached hydrogens (tertiary/aromatic N) is 4. The summed E-state index contributed by atoms with van der Waals surface area (Å²) in [5.41, 5.74) is 1.62. The highest BCUT2D eigenvalue weighted by atomic mass is 79.9. The maximum atomic E-state index is 11.8. The molecule has 2 heterocycles. The average molecular weight is 347 g/mol. The lowest BCUT2D eigenvalue weighted by Gasteiger charge is -2.06. The molecule has 102 valence electrons. The molecule has 0 spiro atoms. The molecule has 2 aromatic heterocycles. The minimum atomic E-state index is -0.132. The molecule has 2 aromatic rings. The van der Waals surface area contributed by atoms with Crippen LogP contribution in [0.25, 0.3) is 0 Å². The van der Waals surface area contributed by atoms with E-state index >= 15 is 0 Å². The number of aryl methyl sites for hydroxylation is 2. The Balaban J connectivity index is 1.92. The van der Waals surface area contributed by atoms with E-state index in [4.69, 9.17) is 11.6 Å². The van der Waals surface area contributed by atoms with Gasteiger partial charge in [-0.15, -0.1) is 0 Å². The summed E-state index contributed by atoms with van der Waals surface area (Å²) >= 11 is 9.31. The molecular formula is C11H13BrClN5O. The van der Waals surface area contributed by atoms with Crippen LogP contribution in [0.4, 0.5) is 0 Å². The molecular weight excluding hydrogens is 334 g/mol. The standard InChI is InChI=1S/C11H13BrClN5O/c1-7-8(12)5-18(16-7)6-11(19)14-4-10-9(13)3-15-17(10)2/h3,5H,4,6H2,1-2H3,(H,14,19). The normalized spacial score (nSPS) is 10.7. The van der Waals surface area contributed by atoms with Gasteiger partial charge in [0.2, 0.25) is 5.91 Å². The first-order chi connectivity index (χ1) is 8.97. The van der Waals surface area contributed by atoms with Gasteiger partial charge >= 0.3 is 0 Å². The Morgan fingerprint density at radius 3 is 2.84 bits per heavy atom. The molecule has 0 aromatic carbocycles. The van der Waals surface area contributed by atoms with Gasteiger partial charge in [-0.25, -0.2) is 0 Å². The second-order valence-electron chi connectivity index (χ2n) is 4.10. The second-order valence-corrected chi connectivity index (χ2v) is 5.36. The number of hydrogen-bond acceptors (Lipinski definition) is 3. The molecule has 1 N–H and O–H groups in total. The predicted molar refractivity (Wildman–Crippen MR) is 74.7 cm³/mol. The van der Waals surface area contributed by atoms with Crippen LogP contribution >= 0.6 is 27.5 Å². The summed E-state index contributed by atoms with van der Waals surface area (Å²) in [4.78, 5) is 11.8. The van der Waals surface area contributed by atoms with Crippen molar-refractivity contribution in [1.29, 1.82) is 0 Å². The van der Waals surface area contributed by atoms with Crippen molar-refractivity contribution in [2.75, 3.05) is 0 Å². The number of rotatable bonds is 4. The maximum Gasteiger partial charge on any atom is 0.242 e. The molecule has 6 nitrogen and oxygen atoms in total. The third kappa shape index (κ3) is 3.36. The van der Waals surface area contributed by atoms with Crippen molar-refractivity contribution in [1.82, 2.24) is 24.9 Å². The lowest BCUT2D eigenvalue weighted by molar-refractivity contribution is -0.122. The molecule has 0 saturated heterocycles. The van der Waals surface area contributed by atoms with E-state index < -0.39 is 0 Å². The third-order valence-corrected chi connectivity index (χ3v) is 3.75. The predicted octanol–water partition coefficient (Wildman–Crippen LogP) is 1.66. The van der Waals surface area contributed by atoms with Crippen LogP contribution in [0.5, 0.6) is 0 Å². The number of amides is 1. The zero-order valence-corrected chi connectivity index (χ0v) is 12.9. The van der Waals surface area contributed by atoms with Gasteiger partial charge in [0.05, 0.1) is 33.6 Å². The first-order valence-corrected chi connectivity index (χ1v) is 6.77. The number of nitrogens with one attached hydrogen (secondary N) is 1. The van der Waals surface area contributed by atoms with E-state index in [1.807, 2.05) is 6.92 Å². The van der Waals surface area contributed by atoms with Crippen LogP contribution in [0.15, 0.2) is 16.9 Å². The fourth-order valence-electron chi connectivity index (χ4n) is 1.59. The van der Waals surface area contributed by atoms with E-state index in [9.17, 15) is 4.79 Å². The Labute approximate surface area is 123 Å². The topological polar surface area (TPSA) is 64.7 Å². The quantitative estimate of drug-likeness (QED) is 0.915. The molecule has 2 rings (SSSR count). The van der Waals surface area contributed by atoms with Gasteiger partial charge in [0.15, 0.2) is 0 Å². The van der Waals surface area contributed by atoms with E-state index in [2.05, 4.69) is 31.4 Å². The summed E-state index contributed by atoms with van der Waals surface area (Å²) in [6.45, 7) is 2.38. The number of aromatic nitrogens is 4. The van der Waals surface area contributed by atoms with Gasteiger partial charge in [-0.1, -0.05) is 11.6 Å². The first-order valence-electron chi connectivity index (χ1n) is 5.60. The Morgan fingerprint density at radius 2 is 2.32 bits per heavy atom. The van der Waals surface area contributed by atoms with Crippen molar-refractivity contribution in [3.05, 3.63) is 33.3 Å². The van der Waals surface area contributed by atoms with Gasteiger partial charge < -0.3 is 5.32 Å². The van der Waals surface area contributed by atoms with E-state index in [0.717, 1.165) is 15.9 Å². The smallest absolute Gasteiger partial charge is 0.242 e. The average Bonchev–Trinajstić information content (AvgIpc) is 2.81. The molecule has 0 radical (unpaired) electrons. The highest BCUT2D eigenvalue weighted by Gasteiger charge is 2.10. The van der Waals surface area contributed by atoms with Gasteiger partial charge in [-0.05, 0) is 22.9 Å². The van der Waals surface area contributed by atoms with Crippen LogP contribution in [-0.2, 0) is 24.9 Å². The van der Waals surface area contributed by atoms with Gasteiger partial charge in [0.1, 0.15) is 6.54 Å². The summed E-state index contributed by atoms with van der Waals surface area (Å²) in [6.07, 6.45) is 3.32. The van der Waals surface area contributed by atoms with Crippen molar-refractivity contribution in [2.24, 2.45) is 7.05 Å². The lowest BCUT2D eigenvalue weighted by Crippen LogP contribution is -2.28. The summed E-state index contributed by atoms with van der Waals surface area (Å²) in [5.74, 6) is -0.132. The largest absolute Gasteiger partial charge is 0.349 e. The summed E-state index contributed by atoms with van der Waals surface area (Å²) in [5, 5.41) is 11.5. The third-order valence-electron chi connectivity index (χ3n) is 2.66. The summed E-state index contributed by atoms with van der Waals surface area (Å²) in [6, 6.07) is 0. The van der Waals surface area contributed by atoms with Crippen molar-refractivity contribution in [3.8, 4) is 0 Å². The van der Waals surface area contributed by atoms with E-state index in [1.165, 1.54) is 0 Å². The molecule has 0 atom stereocenters. The summed E-state index contributed by atoms with van der Waals surface area (Å²) in [7, 11) is 1.78. The number of carbonyl (C=O) groups is 1. The maximum absolute atomic E-state index is 11.8. The van der Waals surface area contributed by atoms with E-state index in [-0.39, 0.29) is 12.5 Å². The Hall–Kier alpha value is -1.34. The molecule has 0 bridgehead atoms. The molecule has 1 amide bonds. The Kier molecular flexibility index (Phi) is 4.26. The molecule has 0 aliphatic rings. The SMILES string of the molecule is Cc1nn(CC(=O)NCc2c(Cl)cnn2C)cc1Br. The number of hydrogen-bond donors (Lipinski definition) is 1. The van der Waals surface area contributed by atoms with Crippen LogP contribution < -0.4 is 5.32 Å². The number of halogens is 2. The van der Waals surface area contributed by atoms with E-state index in [1.54, 1.807) is 28.8 Å². The van der Waals surface area contributed by atoms with Crippen LogP contribution in [0.1, 0.15) is 11.4 Å². The van der Waals surface area contributed by atoms with Crippen molar-refractivity contribution >= 4 is 33.4 Å². The van der Waals surface area contributed by atoms with Crippen LogP contribution in [-0.4, -0.2) is 25.5 Å². The van der Waals surface area contributed by atoms with Crippen LogP contribution in [0.2, 0.25) is 5.02 Å². The lowest BCUT2D eigenvalue weighted by atomic mass is 10.4. The molecule has 8 heteroatoms. The van der Waals surface area contributed by atoms with Gasteiger partial charge in [0, 0.05) is 13.2 Å². The molecule has 0 unspecified atom stereocenters. The van der Waals surface area contributed by atoms with Crippen molar-refractivity contribution in [2.45, 2.75) is 20.0 Å². The molecule has 0 saturated carbocycles. The second kappa shape index (κ2) is 5.75. The molecule has 0 fully saturated rings. The monoisotopic (exact) mass is 345 g/mol. The van der Waals surface area contributed by atoms with Gasteiger partial charge in [-0.3, -0.25) is 14.2 Å². The zero-order chi connectivity index (χ0) is 14.0. The fraction of sp³-hybridized carbons (Fsp3) is 0.364. The minimum absolute atomic E-state index is 0.132. The highest BCUT2D eigenvalue weighted by molar-refractivity contribution is 9.10. The van der Waals surface area contributed by atoms with Crippen LogP contribution in [0.3, 0.4) is 0 Å². The minimum Gasteiger partial charge on any atom is -0.349 e.